The fraction of sp³-hybridized carbons (Fsp3) is 0.500. The summed E-state index contributed by atoms with van der Waals surface area (Å²) in [7, 11) is 0. The van der Waals surface area contributed by atoms with Crippen LogP contribution in [-0.4, -0.2) is 30.9 Å². The van der Waals surface area contributed by atoms with Gasteiger partial charge >= 0.3 is 0 Å². The molecule has 0 aromatic heterocycles. The number of benzene rings is 1. The number of hydrogen-bond acceptors (Lipinski definition) is 3. The molecule has 0 amide bonds. The van der Waals surface area contributed by atoms with Gasteiger partial charge in [0.05, 0.1) is 11.7 Å². The molecule has 2 aliphatic heterocycles. The summed E-state index contributed by atoms with van der Waals surface area (Å²) in [5.41, 5.74) is 1.18. The monoisotopic (exact) mass is 205 g/mol. The van der Waals surface area contributed by atoms with Crippen molar-refractivity contribution >= 4 is 5.69 Å². The average molecular weight is 205 g/mol. The lowest BCUT2D eigenvalue weighted by Gasteiger charge is -2.35. The van der Waals surface area contributed by atoms with Gasteiger partial charge in [0.25, 0.3) is 0 Å². The van der Waals surface area contributed by atoms with E-state index in [1.54, 1.807) is 0 Å². The predicted molar refractivity (Wildman–Crippen MR) is 58.3 cm³/mol. The van der Waals surface area contributed by atoms with E-state index < -0.39 is 0 Å². The summed E-state index contributed by atoms with van der Waals surface area (Å²) in [6.45, 7) is 2.02. The molecule has 1 fully saturated rings. The highest BCUT2D eigenvalue weighted by atomic mass is 16.5. The van der Waals surface area contributed by atoms with Gasteiger partial charge in [-0.1, -0.05) is 12.1 Å². The summed E-state index contributed by atoms with van der Waals surface area (Å²) in [4.78, 5) is 2.37. The number of fused-ring (bicyclic) bond motifs is 3. The highest BCUT2D eigenvalue weighted by molar-refractivity contribution is 5.61. The summed E-state index contributed by atoms with van der Waals surface area (Å²) in [6, 6.07) is 8.51. The van der Waals surface area contributed by atoms with Gasteiger partial charge in [0.1, 0.15) is 12.4 Å². The van der Waals surface area contributed by atoms with Gasteiger partial charge in [-0.25, -0.2) is 0 Å². The van der Waals surface area contributed by atoms with E-state index in [-0.39, 0.29) is 6.61 Å². The minimum atomic E-state index is 0.271. The highest BCUT2D eigenvalue weighted by Gasteiger charge is 2.38. The molecule has 0 saturated carbocycles. The Morgan fingerprint density at radius 3 is 3.13 bits per heavy atom. The topological polar surface area (TPSA) is 32.7 Å². The van der Waals surface area contributed by atoms with Crippen LogP contribution in [0.2, 0.25) is 0 Å². The molecule has 0 spiro atoms. The van der Waals surface area contributed by atoms with Gasteiger partial charge in [0.2, 0.25) is 0 Å². The minimum Gasteiger partial charge on any atom is -0.489 e. The van der Waals surface area contributed by atoms with Gasteiger partial charge in [-0.05, 0) is 18.6 Å². The van der Waals surface area contributed by atoms with Crippen LogP contribution in [0.15, 0.2) is 24.3 Å². The Morgan fingerprint density at radius 1 is 1.40 bits per heavy atom. The largest absolute Gasteiger partial charge is 0.489 e. The minimum absolute atomic E-state index is 0.271. The van der Waals surface area contributed by atoms with Crippen LogP contribution >= 0.6 is 0 Å². The molecule has 1 aromatic carbocycles. The third-order valence-electron chi connectivity index (χ3n) is 3.50. The second-order valence-electron chi connectivity index (χ2n) is 4.27. The maximum atomic E-state index is 9.27. The quantitative estimate of drug-likeness (QED) is 0.749. The van der Waals surface area contributed by atoms with E-state index in [0.29, 0.717) is 18.6 Å². The molecule has 15 heavy (non-hydrogen) atoms. The number of para-hydroxylation sites is 2. The van der Waals surface area contributed by atoms with E-state index in [0.717, 1.165) is 18.7 Å². The van der Waals surface area contributed by atoms with Crippen molar-refractivity contribution in [2.75, 3.05) is 24.7 Å². The molecule has 0 aliphatic carbocycles. The Hall–Kier alpha value is -1.22. The van der Waals surface area contributed by atoms with Crippen LogP contribution in [0.4, 0.5) is 5.69 Å². The van der Waals surface area contributed by atoms with Gasteiger partial charge in [0, 0.05) is 19.1 Å². The zero-order valence-corrected chi connectivity index (χ0v) is 8.60. The van der Waals surface area contributed by atoms with Crippen LogP contribution in [0.3, 0.4) is 0 Å². The molecule has 0 radical (unpaired) electrons. The highest BCUT2D eigenvalue weighted by Crippen LogP contribution is 2.39. The Bertz CT molecular complexity index is 366. The van der Waals surface area contributed by atoms with E-state index in [9.17, 15) is 5.11 Å². The zero-order valence-electron chi connectivity index (χ0n) is 8.60. The summed E-state index contributed by atoms with van der Waals surface area (Å²) in [5, 5.41) is 9.27. The first kappa shape index (κ1) is 9.04. The van der Waals surface area contributed by atoms with E-state index in [1.807, 2.05) is 18.2 Å². The number of aliphatic hydroxyl groups is 1. The van der Waals surface area contributed by atoms with Crippen LogP contribution in [0, 0.1) is 5.92 Å². The Balaban J connectivity index is 1.96. The number of aliphatic hydroxyl groups excluding tert-OH is 1. The molecule has 2 unspecified atom stereocenters. The maximum absolute atomic E-state index is 9.27. The molecular weight excluding hydrogens is 190 g/mol. The van der Waals surface area contributed by atoms with Crippen molar-refractivity contribution in [3.8, 4) is 5.75 Å². The Kier molecular flexibility index (Phi) is 2.06. The van der Waals surface area contributed by atoms with Crippen LogP contribution in [-0.2, 0) is 0 Å². The molecule has 80 valence electrons. The van der Waals surface area contributed by atoms with Crippen LogP contribution in [0.25, 0.3) is 0 Å². The van der Waals surface area contributed by atoms with Gasteiger partial charge in [-0.2, -0.15) is 0 Å². The molecule has 0 bridgehead atoms. The van der Waals surface area contributed by atoms with Gasteiger partial charge < -0.3 is 14.7 Å². The molecule has 2 heterocycles. The molecule has 3 nitrogen and oxygen atoms in total. The van der Waals surface area contributed by atoms with Crippen molar-refractivity contribution in [2.45, 2.75) is 12.5 Å². The third kappa shape index (κ3) is 1.30. The smallest absolute Gasteiger partial charge is 0.142 e. The van der Waals surface area contributed by atoms with E-state index in [4.69, 9.17) is 4.74 Å². The van der Waals surface area contributed by atoms with Crippen molar-refractivity contribution in [3.63, 3.8) is 0 Å². The van der Waals surface area contributed by atoms with E-state index >= 15 is 0 Å². The fourth-order valence-corrected chi connectivity index (χ4v) is 2.65. The number of ether oxygens (including phenoxy) is 1. The van der Waals surface area contributed by atoms with Crippen molar-refractivity contribution in [2.24, 2.45) is 5.92 Å². The van der Waals surface area contributed by atoms with Gasteiger partial charge in [-0.3, -0.25) is 0 Å². The van der Waals surface area contributed by atoms with E-state index in [2.05, 4.69) is 11.0 Å². The van der Waals surface area contributed by atoms with Gasteiger partial charge in [-0.15, -0.1) is 0 Å². The normalized spacial score (nSPS) is 28.2. The second kappa shape index (κ2) is 3.42. The first-order chi connectivity index (χ1) is 7.40. The lowest BCUT2D eigenvalue weighted by Crippen LogP contribution is -2.42. The fourth-order valence-electron chi connectivity index (χ4n) is 2.65. The SMILES string of the molecule is OCC1CCN2c3ccccc3OCC12. The lowest BCUT2D eigenvalue weighted by atomic mass is 10.0. The summed E-state index contributed by atoms with van der Waals surface area (Å²) in [5.74, 6) is 1.35. The number of anilines is 1. The van der Waals surface area contributed by atoms with Crippen LogP contribution < -0.4 is 9.64 Å². The molecule has 3 rings (SSSR count). The van der Waals surface area contributed by atoms with Crippen LogP contribution in [0.1, 0.15) is 6.42 Å². The standard InChI is InChI=1S/C12H15NO2/c14-7-9-5-6-13-10-3-1-2-4-12(10)15-8-11(9)13/h1-4,9,11,14H,5-8H2. The van der Waals surface area contributed by atoms with Crippen molar-refractivity contribution in [3.05, 3.63) is 24.3 Å². The lowest BCUT2D eigenvalue weighted by molar-refractivity contribution is 0.178. The first-order valence-electron chi connectivity index (χ1n) is 5.49. The zero-order chi connectivity index (χ0) is 10.3. The average Bonchev–Trinajstić information content (AvgIpc) is 2.72. The Labute approximate surface area is 89.3 Å². The first-order valence-corrected chi connectivity index (χ1v) is 5.49. The predicted octanol–water partition coefficient (Wildman–Crippen LogP) is 1.27. The summed E-state index contributed by atoms with van der Waals surface area (Å²) >= 11 is 0. The van der Waals surface area contributed by atoms with Crippen LogP contribution in [0.5, 0.6) is 5.75 Å². The molecule has 3 heteroatoms. The molecular formula is C12H15NO2. The molecule has 1 aromatic rings. The van der Waals surface area contributed by atoms with Gasteiger partial charge in [0.15, 0.2) is 0 Å². The Morgan fingerprint density at radius 2 is 2.27 bits per heavy atom. The van der Waals surface area contributed by atoms with Crippen molar-refractivity contribution < 1.29 is 9.84 Å². The molecule has 1 N–H and O–H groups in total. The number of hydrogen-bond donors (Lipinski definition) is 1. The van der Waals surface area contributed by atoms with Crippen molar-refractivity contribution in [1.82, 2.24) is 0 Å². The number of rotatable bonds is 1. The van der Waals surface area contributed by atoms with Crippen molar-refractivity contribution in [1.29, 1.82) is 0 Å². The van der Waals surface area contributed by atoms with E-state index in [1.165, 1.54) is 5.69 Å². The molecule has 2 aliphatic rings. The molecule has 2 atom stereocenters. The third-order valence-corrected chi connectivity index (χ3v) is 3.50. The second-order valence-corrected chi connectivity index (χ2v) is 4.27. The molecule has 1 saturated heterocycles. The summed E-state index contributed by atoms with van der Waals surface area (Å²) < 4.78 is 5.72. The summed E-state index contributed by atoms with van der Waals surface area (Å²) in [6.07, 6.45) is 1.07. The maximum Gasteiger partial charge on any atom is 0.142 e. The number of nitrogens with zero attached hydrogens (tertiary/aromatic N) is 1.